The van der Waals surface area contributed by atoms with Gasteiger partial charge in [-0.3, -0.25) is 4.99 Å². The van der Waals surface area contributed by atoms with Crippen molar-refractivity contribution in [3.8, 4) is 22.6 Å². The summed E-state index contributed by atoms with van der Waals surface area (Å²) in [6.07, 6.45) is 32.2. The Bertz CT molecular complexity index is 2460. The normalized spacial score (nSPS) is 26.5. The third-order valence-electron chi connectivity index (χ3n) is 14.0. The van der Waals surface area contributed by atoms with Crippen molar-refractivity contribution < 1.29 is 4.74 Å². The minimum atomic E-state index is -0.235. The van der Waals surface area contributed by atoms with Crippen LogP contribution < -0.4 is 4.74 Å². The Kier molecular flexibility index (Phi) is 8.51. The minimum absolute atomic E-state index is 0.0330. The Balaban J connectivity index is 1.06. The quantitative estimate of drug-likeness (QED) is 0.174. The maximum absolute atomic E-state index is 6.88. The van der Waals surface area contributed by atoms with Crippen LogP contribution in [0.15, 0.2) is 168 Å². The number of fused-ring (bicyclic) bond motifs is 12. The van der Waals surface area contributed by atoms with E-state index in [1.54, 1.807) is 0 Å². The summed E-state index contributed by atoms with van der Waals surface area (Å²) in [5, 5.41) is 0. The van der Waals surface area contributed by atoms with Crippen molar-refractivity contribution >= 4 is 17.0 Å². The Morgan fingerprint density at radius 2 is 1.45 bits per heavy atom. The number of hydrogen-bond donors (Lipinski definition) is 0. The second kappa shape index (κ2) is 13.6. The standard InChI is InChI=1S/C54H51NO/c1-5-35(2)39(37-27-29-43-40-19-9-12-22-44(40)53(3,4)49(43)33-37)30-32-50(36-17-7-6-8-18-36)55-38-28-31-48-52(34-38)56-51-26-16-15-25-47(51)54(48)45-23-13-10-20-41(45)42-21-11-14-24-46(42)54/h7,9-31,33-35,41-42,45-46H,5-6,8,32H2,1-4H3/b39-30-,55-50?. The molecule has 5 aliphatic carbocycles. The zero-order valence-electron chi connectivity index (χ0n) is 33.1. The summed E-state index contributed by atoms with van der Waals surface area (Å²) in [6, 6.07) is 31.7. The van der Waals surface area contributed by atoms with Crippen LogP contribution in [-0.4, -0.2) is 5.71 Å². The average molecular weight is 730 g/mol. The molecule has 0 amide bonds. The van der Waals surface area contributed by atoms with Gasteiger partial charge >= 0.3 is 0 Å². The van der Waals surface area contributed by atoms with Crippen molar-refractivity contribution in [1.82, 2.24) is 0 Å². The molecule has 5 unspecified atom stereocenters. The molecule has 6 aliphatic rings. The monoisotopic (exact) mass is 729 g/mol. The largest absolute Gasteiger partial charge is 0.457 e. The molecule has 56 heavy (non-hydrogen) atoms. The van der Waals surface area contributed by atoms with Gasteiger partial charge in [-0.05, 0) is 106 Å². The van der Waals surface area contributed by atoms with Gasteiger partial charge in [0.1, 0.15) is 11.5 Å². The van der Waals surface area contributed by atoms with E-state index in [1.807, 2.05) is 0 Å². The van der Waals surface area contributed by atoms with Crippen molar-refractivity contribution in [2.45, 2.75) is 64.2 Å². The zero-order chi connectivity index (χ0) is 38.0. The SMILES string of the molecule is CCC(C)/C(=C/CC(=Nc1ccc2c(c1)Oc1ccccc1C21C2C=CC=CC2C2C=CC=CC21)C1=CCCC=C1)c1ccc2c(c1)C(C)(C)c1ccccc1-2. The van der Waals surface area contributed by atoms with Crippen molar-refractivity contribution in [2.75, 3.05) is 0 Å². The van der Waals surface area contributed by atoms with Crippen molar-refractivity contribution in [1.29, 1.82) is 0 Å². The molecule has 1 heterocycles. The molecule has 4 aromatic rings. The lowest BCUT2D eigenvalue weighted by atomic mass is 9.59. The molecule has 0 saturated heterocycles. The molecular weight excluding hydrogens is 679 g/mol. The fourth-order valence-electron chi connectivity index (χ4n) is 11.1. The number of ether oxygens (including phenoxy) is 1. The highest BCUT2D eigenvalue weighted by Gasteiger charge is 2.62. The lowest BCUT2D eigenvalue weighted by molar-refractivity contribution is 0.310. The first-order valence-corrected chi connectivity index (χ1v) is 20.9. The molecular formula is C54H51NO. The molecule has 278 valence electrons. The van der Waals surface area contributed by atoms with Gasteiger partial charge in [-0.15, -0.1) is 0 Å². The average Bonchev–Trinajstić information content (AvgIpc) is 3.66. The van der Waals surface area contributed by atoms with E-state index in [0.717, 1.165) is 48.6 Å². The molecule has 10 rings (SSSR count). The minimum Gasteiger partial charge on any atom is -0.457 e. The van der Waals surface area contributed by atoms with Crippen molar-refractivity contribution in [3.05, 3.63) is 191 Å². The maximum atomic E-state index is 6.88. The summed E-state index contributed by atoms with van der Waals surface area (Å²) in [6.45, 7) is 9.42. The summed E-state index contributed by atoms with van der Waals surface area (Å²) >= 11 is 0. The number of allylic oxidation sites excluding steroid dienone is 14. The number of para-hydroxylation sites is 1. The Labute approximate surface area is 333 Å². The van der Waals surface area contributed by atoms with E-state index in [0.29, 0.717) is 29.6 Å². The van der Waals surface area contributed by atoms with Gasteiger partial charge < -0.3 is 4.74 Å². The van der Waals surface area contributed by atoms with E-state index in [1.165, 1.54) is 50.1 Å². The van der Waals surface area contributed by atoms with Crippen LogP contribution >= 0.6 is 0 Å². The molecule has 1 aliphatic heterocycles. The van der Waals surface area contributed by atoms with E-state index in [-0.39, 0.29) is 10.8 Å². The highest BCUT2D eigenvalue weighted by molar-refractivity contribution is 6.05. The van der Waals surface area contributed by atoms with Gasteiger partial charge in [0.2, 0.25) is 0 Å². The molecule has 0 bridgehead atoms. The van der Waals surface area contributed by atoms with E-state index in [2.05, 4.69) is 186 Å². The fourth-order valence-corrected chi connectivity index (χ4v) is 11.1. The van der Waals surface area contributed by atoms with Gasteiger partial charge in [-0.2, -0.15) is 0 Å². The van der Waals surface area contributed by atoms with Crippen molar-refractivity contribution in [3.63, 3.8) is 0 Å². The van der Waals surface area contributed by atoms with Crippen LogP contribution in [0.5, 0.6) is 11.5 Å². The number of rotatable bonds is 7. The Hall–Kier alpha value is -5.47. The van der Waals surface area contributed by atoms with Gasteiger partial charge in [-0.1, -0.05) is 161 Å². The van der Waals surface area contributed by atoms with Crippen LogP contribution in [0.2, 0.25) is 0 Å². The highest BCUT2D eigenvalue weighted by Crippen LogP contribution is 2.67. The molecule has 4 aromatic carbocycles. The first-order valence-electron chi connectivity index (χ1n) is 20.9. The van der Waals surface area contributed by atoms with Crippen LogP contribution in [0.4, 0.5) is 5.69 Å². The molecule has 1 fully saturated rings. The second-order valence-corrected chi connectivity index (χ2v) is 17.2. The first-order chi connectivity index (χ1) is 27.4. The third-order valence-corrected chi connectivity index (χ3v) is 14.0. The van der Waals surface area contributed by atoms with Crippen molar-refractivity contribution in [2.24, 2.45) is 34.6 Å². The lowest BCUT2D eigenvalue weighted by Crippen LogP contribution is -2.41. The Morgan fingerprint density at radius 1 is 0.750 bits per heavy atom. The smallest absolute Gasteiger partial charge is 0.133 e. The summed E-state index contributed by atoms with van der Waals surface area (Å²) in [5.41, 5.74) is 13.9. The summed E-state index contributed by atoms with van der Waals surface area (Å²) in [5.74, 6) is 3.81. The predicted octanol–water partition coefficient (Wildman–Crippen LogP) is 14.0. The van der Waals surface area contributed by atoms with E-state index in [9.17, 15) is 0 Å². The van der Waals surface area contributed by atoms with Crippen LogP contribution in [0, 0.1) is 29.6 Å². The molecule has 0 radical (unpaired) electrons. The third kappa shape index (κ3) is 5.32. The summed E-state index contributed by atoms with van der Waals surface area (Å²) < 4.78 is 6.88. The number of hydrogen-bond acceptors (Lipinski definition) is 2. The topological polar surface area (TPSA) is 21.6 Å². The number of aliphatic imine (C=N–C) groups is 1. The van der Waals surface area contributed by atoms with E-state index < -0.39 is 0 Å². The molecule has 1 saturated carbocycles. The van der Waals surface area contributed by atoms with Crippen LogP contribution in [0.3, 0.4) is 0 Å². The van der Waals surface area contributed by atoms with E-state index >= 15 is 0 Å². The van der Waals surface area contributed by atoms with Crippen LogP contribution in [0.1, 0.15) is 81.2 Å². The first kappa shape index (κ1) is 35.0. The van der Waals surface area contributed by atoms with Gasteiger partial charge in [0.15, 0.2) is 0 Å². The molecule has 5 atom stereocenters. The van der Waals surface area contributed by atoms with Crippen LogP contribution in [0.25, 0.3) is 16.7 Å². The second-order valence-electron chi connectivity index (χ2n) is 17.2. The summed E-state index contributed by atoms with van der Waals surface area (Å²) in [4.78, 5) is 5.51. The molecule has 1 spiro atoms. The highest BCUT2D eigenvalue weighted by atomic mass is 16.5. The van der Waals surface area contributed by atoms with Crippen LogP contribution in [-0.2, 0) is 10.8 Å². The Morgan fingerprint density at radius 3 is 2.20 bits per heavy atom. The van der Waals surface area contributed by atoms with Gasteiger partial charge in [-0.25, -0.2) is 0 Å². The fraction of sp³-hybridized carbons (Fsp3) is 0.278. The van der Waals surface area contributed by atoms with Gasteiger partial charge in [0.25, 0.3) is 0 Å². The van der Waals surface area contributed by atoms with Gasteiger partial charge in [0, 0.05) is 34.4 Å². The lowest BCUT2D eigenvalue weighted by Gasteiger charge is -2.45. The molecule has 0 N–H and O–H groups in total. The molecule has 0 aromatic heterocycles. The molecule has 2 nitrogen and oxygen atoms in total. The maximum Gasteiger partial charge on any atom is 0.133 e. The van der Waals surface area contributed by atoms with Gasteiger partial charge in [0.05, 0.1) is 11.4 Å². The zero-order valence-corrected chi connectivity index (χ0v) is 33.1. The molecule has 2 heteroatoms. The number of benzene rings is 4. The predicted molar refractivity (Wildman–Crippen MR) is 234 cm³/mol. The number of nitrogens with zero attached hydrogens (tertiary/aromatic N) is 1. The summed E-state index contributed by atoms with van der Waals surface area (Å²) in [7, 11) is 0. The van der Waals surface area contributed by atoms with E-state index in [4.69, 9.17) is 9.73 Å².